The van der Waals surface area contributed by atoms with Crippen molar-refractivity contribution in [3.8, 4) is 17.3 Å². The molecule has 152 valence electrons. The monoisotopic (exact) mass is 391 g/mol. The molecule has 0 saturated heterocycles. The number of ether oxygens (including phenoxy) is 1. The van der Waals surface area contributed by atoms with E-state index >= 15 is 0 Å². The summed E-state index contributed by atoms with van der Waals surface area (Å²) < 4.78 is 8.24. The van der Waals surface area contributed by atoms with Gasteiger partial charge in [0, 0.05) is 19.6 Å². The maximum atomic E-state index is 10.00. The third kappa shape index (κ3) is 5.05. The van der Waals surface area contributed by atoms with Crippen molar-refractivity contribution in [3.63, 3.8) is 0 Å². The van der Waals surface area contributed by atoms with E-state index in [4.69, 9.17) is 9.84 Å². The molecule has 29 heavy (non-hydrogen) atoms. The van der Waals surface area contributed by atoms with E-state index in [9.17, 15) is 5.11 Å². The largest absolute Gasteiger partial charge is 0.439 e. The van der Waals surface area contributed by atoms with Gasteiger partial charge in [-0.25, -0.2) is 4.68 Å². The van der Waals surface area contributed by atoms with E-state index in [1.807, 2.05) is 79.2 Å². The first-order valence-corrected chi connectivity index (χ1v) is 10.4. The molecule has 1 aliphatic carbocycles. The molecule has 1 fully saturated rings. The van der Waals surface area contributed by atoms with E-state index in [0.29, 0.717) is 13.1 Å². The molecule has 3 aromatic rings. The Morgan fingerprint density at radius 2 is 1.76 bits per heavy atom. The van der Waals surface area contributed by atoms with Gasteiger partial charge >= 0.3 is 0 Å². The summed E-state index contributed by atoms with van der Waals surface area (Å²) in [6.07, 6.45) is 2.20. The molecule has 1 N–H and O–H groups in total. The minimum atomic E-state index is -0.364. The van der Waals surface area contributed by atoms with Crippen molar-refractivity contribution < 1.29 is 9.84 Å². The fraction of sp³-hybridized carbons (Fsp3) is 0.375. The average molecular weight is 392 g/mol. The molecule has 1 aliphatic rings. The van der Waals surface area contributed by atoms with Crippen LogP contribution >= 0.6 is 0 Å². The van der Waals surface area contributed by atoms with E-state index in [0.717, 1.165) is 41.0 Å². The van der Waals surface area contributed by atoms with Gasteiger partial charge in [0.15, 0.2) is 0 Å². The van der Waals surface area contributed by atoms with E-state index < -0.39 is 0 Å². The zero-order valence-electron chi connectivity index (χ0n) is 17.2. The molecule has 2 aromatic carbocycles. The molecule has 0 radical (unpaired) electrons. The summed E-state index contributed by atoms with van der Waals surface area (Å²) >= 11 is 0. The van der Waals surface area contributed by atoms with Crippen LogP contribution in [0.25, 0.3) is 5.69 Å². The first-order chi connectivity index (χ1) is 14.1. The number of hydrogen-bond donors (Lipinski definition) is 1. The van der Waals surface area contributed by atoms with Crippen LogP contribution in [0.4, 0.5) is 0 Å². The molecule has 0 spiro atoms. The smallest absolute Gasteiger partial charge is 0.227 e. The Bertz CT molecular complexity index is 914. The quantitative estimate of drug-likeness (QED) is 0.581. The highest BCUT2D eigenvalue weighted by molar-refractivity contribution is 5.43. The van der Waals surface area contributed by atoms with E-state index in [-0.39, 0.29) is 6.10 Å². The average Bonchev–Trinajstić information content (AvgIpc) is 3.48. The van der Waals surface area contributed by atoms with Gasteiger partial charge in [-0.3, -0.25) is 4.90 Å². The lowest BCUT2D eigenvalue weighted by Gasteiger charge is -2.24. The van der Waals surface area contributed by atoms with Crippen LogP contribution in [0, 0.1) is 12.8 Å². The van der Waals surface area contributed by atoms with Crippen LogP contribution in [0.1, 0.15) is 31.0 Å². The van der Waals surface area contributed by atoms with Crippen molar-refractivity contribution in [3.05, 3.63) is 71.9 Å². The molecule has 0 aliphatic heterocycles. The number of hydrogen-bond acceptors (Lipinski definition) is 4. The lowest BCUT2D eigenvalue weighted by Crippen LogP contribution is -2.32. The van der Waals surface area contributed by atoms with Crippen molar-refractivity contribution >= 4 is 0 Å². The van der Waals surface area contributed by atoms with Gasteiger partial charge in [0.1, 0.15) is 5.75 Å². The Hall–Kier alpha value is -2.63. The Morgan fingerprint density at radius 3 is 2.38 bits per heavy atom. The van der Waals surface area contributed by atoms with E-state index in [2.05, 4.69) is 4.90 Å². The van der Waals surface area contributed by atoms with Crippen LogP contribution < -0.4 is 4.74 Å². The van der Waals surface area contributed by atoms with Gasteiger partial charge in [-0.2, -0.15) is 5.10 Å². The summed E-state index contributed by atoms with van der Waals surface area (Å²) in [6, 6.07) is 19.9. The number of rotatable bonds is 9. The Kier molecular flexibility index (Phi) is 5.97. The number of nitrogens with zero attached hydrogens (tertiary/aromatic N) is 3. The fourth-order valence-corrected chi connectivity index (χ4v) is 3.64. The van der Waals surface area contributed by atoms with Gasteiger partial charge in [-0.1, -0.05) is 36.4 Å². The fourth-order valence-electron chi connectivity index (χ4n) is 3.64. The van der Waals surface area contributed by atoms with E-state index in [1.165, 1.54) is 12.8 Å². The molecule has 4 rings (SSSR count). The molecule has 1 heterocycles. The van der Waals surface area contributed by atoms with Crippen LogP contribution in [0.5, 0.6) is 11.6 Å². The van der Waals surface area contributed by atoms with Crippen molar-refractivity contribution in [2.45, 2.75) is 39.3 Å². The highest BCUT2D eigenvalue weighted by Gasteiger charge is 2.27. The molecule has 0 amide bonds. The summed E-state index contributed by atoms with van der Waals surface area (Å²) in [5.74, 6) is 2.28. The number of aliphatic hydroxyl groups is 1. The van der Waals surface area contributed by atoms with Crippen LogP contribution in [-0.4, -0.2) is 39.0 Å². The SMILES string of the molecule is Cc1nn(-c2ccccc2)c(Oc2ccccc2)c1CN(CC(C)O)CC1CC1. The molecule has 0 bridgehead atoms. The molecular formula is C24H29N3O2. The topological polar surface area (TPSA) is 50.5 Å². The first-order valence-electron chi connectivity index (χ1n) is 10.4. The van der Waals surface area contributed by atoms with Crippen molar-refractivity contribution in [1.29, 1.82) is 0 Å². The zero-order chi connectivity index (χ0) is 20.2. The number of aliphatic hydroxyl groups excluding tert-OH is 1. The third-order valence-electron chi connectivity index (χ3n) is 5.21. The number of para-hydroxylation sites is 2. The molecule has 1 unspecified atom stereocenters. The number of aryl methyl sites for hydroxylation is 1. The molecule has 1 saturated carbocycles. The summed E-state index contributed by atoms with van der Waals surface area (Å²) in [5, 5.41) is 14.8. The molecule has 1 aromatic heterocycles. The van der Waals surface area contributed by atoms with Gasteiger partial charge in [0.2, 0.25) is 5.88 Å². The summed E-state index contributed by atoms with van der Waals surface area (Å²) in [6.45, 7) is 6.25. The standard InChI is InChI=1S/C24H29N3O2/c1-18(28)15-26(16-20-13-14-20)17-23-19(2)25-27(21-9-5-3-6-10-21)24(23)29-22-11-7-4-8-12-22/h3-12,18,20,28H,13-17H2,1-2H3. The van der Waals surface area contributed by atoms with Crippen molar-refractivity contribution in [2.24, 2.45) is 5.92 Å². The summed E-state index contributed by atoms with van der Waals surface area (Å²) in [4.78, 5) is 2.33. The van der Waals surface area contributed by atoms with Crippen LogP contribution in [0.15, 0.2) is 60.7 Å². The lowest BCUT2D eigenvalue weighted by molar-refractivity contribution is 0.118. The number of benzene rings is 2. The highest BCUT2D eigenvalue weighted by Crippen LogP contribution is 2.34. The lowest BCUT2D eigenvalue weighted by atomic mass is 10.2. The van der Waals surface area contributed by atoms with Gasteiger partial charge in [-0.05, 0) is 56.9 Å². The van der Waals surface area contributed by atoms with Gasteiger partial charge in [0.25, 0.3) is 0 Å². The van der Waals surface area contributed by atoms with Crippen LogP contribution in [0.3, 0.4) is 0 Å². The zero-order valence-corrected chi connectivity index (χ0v) is 17.2. The van der Waals surface area contributed by atoms with E-state index in [1.54, 1.807) is 0 Å². The van der Waals surface area contributed by atoms with Gasteiger partial charge in [0.05, 0.1) is 23.0 Å². The Labute approximate surface area is 172 Å². The normalized spacial score (nSPS) is 14.9. The van der Waals surface area contributed by atoms with Crippen LogP contribution in [0.2, 0.25) is 0 Å². The summed E-state index contributed by atoms with van der Waals surface area (Å²) in [5.41, 5.74) is 2.99. The molecular weight excluding hydrogens is 362 g/mol. The van der Waals surface area contributed by atoms with Gasteiger partial charge in [-0.15, -0.1) is 0 Å². The second kappa shape index (κ2) is 8.80. The van der Waals surface area contributed by atoms with Crippen LogP contribution in [-0.2, 0) is 6.54 Å². The third-order valence-corrected chi connectivity index (χ3v) is 5.21. The highest BCUT2D eigenvalue weighted by atomic mass is 16.5. The summed E-state index contributed by atoms with van der Waals surface area (Å²) in [7, 11) is 0. The number of aromatic nitrogens is 2. The maximum Gasteiger partial charge on any atom is 0.227 e. The van der Waals surface area contributed by atoms with Crippen molar-refractivity contribution in [2.75, 3.05) is 13.1 Å². The molecule has 5 heteroatoms. The van der Waals surface area contributed by atoms with Gasteiger partial charge < -0.3 is 9.84 Å². The predicted octanol–water partition coefficient (Wildman–Crippen LogP) is 4.57. The Balaban J connectivity index is 1.70. The predicted molar refractivity (Wildman–Crippen MR) is 114 cm³/mol. The minimum absolute atomic E-state index is 0.364. The second-order valence-corrected chi connectivity index (χ2v) is 8.02. The Morgan fingerprint density at radius 1 is 1.10 bits per heavy atom. The maximum absolute atomic E-state index is 10.00. The van der Waals surface area contributed by atoms with Crippen molar-refractivity contribution in [1.82, 2.24) is 14.7 Å². The molecule has 5 nitrogen and oxygen atoms in total. The second-order valence-electron chi connectivity index (χ2n) is 8.02. The minimum Gasteiger partial charge on any atom is -0.439 e. The molecule has 1 atom stereocenters. The first kappa shape index (κ1) is 19.7.